The van der Waals surface area contributed by atoms with Crippen LogP contribution < -0.4 is 4.90 Å². The highest BCUT2D eigenvalue weighted by Crippen LogP contribution is 2.35. The van der Waals surface area contributed by atoms with Crippen molar-refractivity contribution in [2.75, 3.05) is 11.4 Å². The van der Waals surface area contributed by atoms with Crippen molar-refractivity contribution in [2.45, 2.75) is 44.0 Å². The van der Waals surface area contributed by atoms with Gasteiger partial charge in [0.15, 0.2) is 5.12 Å². The van der Waals surface area contributed by atoms with Crippen molar-refractivity contribution in [3.05, 3.63) is 29.3 Å². The van der Waals surface area contributed by atoms with Crippen LogP contribution in [0, 0.1) is 0 Å². The second kappa shape index (κ2) is 5.81. The Morgan fingerprint density at radius 2 is 2.24 bits per heavy atom. The third-order valence-electron chi connectivity index (χ3n) is 4.15. The van der Waals surface area contributed by atoms with E-state index < -0.39 is 6.10 Å². The van der Waals surface area contributed by atoms with Gasteiger partial charge in [0.2, 0.25) is 5.91 Å². The molecular weight excluding hydrogens is 286 g/mol. The van der Waals surface area contributed by atoms with Crippen molar-refractivity contribution in [3.8, 4) is 0 Å². The number of anilines is 1. The fraction of sp³-hybridized carbons (Fsp3) is 0.500. The van der Waals surface area contributed by atoms with E-state index in [2.05, 4.69) is 0 Å². The molecule has 1 aromatic carbocycles. The lowest BCUT2D eigenvalue weighted by atomic mass is 9.89. The molecule has 0 bridgehead atoms. The van der Waals surface area contributed by atoms with E-state index in [9.17, 15) is 14.7 Å². The van der Waals surface area contributed by atoms with E-state index in [4.69, 9.17) is 0 Å². The Hall–Kier alpha value is -1.33. The number of benzene rings is 1. The third-order valence-corrected chi connectivity index (χ3v) is 5.13. The summed E-state index contributed by atoms with van der Waals surface area (Å²) in [6.45, 7) is 2.10. The zero-order valence-corrected chi connectivity index (χ0v) is 12.9. The molecule has 2 aliphatic rings. The summed E-state index contributed by atoms with van der Waals surface area (Å²) < 4.78 is 0. The molecule has 4 nitrogen and oxygen atoms in total. The molecule has 5 heteroatoms. The molecule has 112 valence electrons. The van der Waals surface area contributed by atoms with Gasteiger partial charge < -0.3 is 10.0 Å². The highest BCUT2D eigenvalue weighted by atomic mass is 32.2. The van der Waals surface area contributed by atoms with Crippen molar-refractivity contribution in [1.82, 2.24) is 0 Å². The van der Waals surface area contributed by atoms with Gasteiger partial charge in [-0.2, -0.15) is 0 Å². The van der Waals surface area contributed by atoms with Crippen molar-refractivity contribution in [1.29, 1.82) is 0 Å². The molecule has 1 amide bonds. The molecule has 0 spiro atoms. The second-order valence-corrected chi connectivity index (χ2v) is 7.21. The Kier molecular flexibility index (Phi) is 4.04. The Labute approximate surface area is 128 Å². The molecule has 1 saturated heterocycles. The molecule has 1 N–H and O–H groups in total. The van der Waals surface area contributed by atoms with Gasteiger partial charge in [-0.1, -0.05) is 17.8 Å². The molecule has 1 heterocycles. The van der Waals surface area contributed by atoms with Crippen LogP contribution in [-0.4, -0.2) is 27.9 Å². The number of carbonyl (C=O) groups excluding carboxylic acids is 2. The number of fused-ring (bicyclic) bond motifs is 1. The lowest BCUT2D eigenvalue weighted by molar-refractivity contribution is -0.117. The van der Waals surface area contributed by atoms with Gasteiger partial charge in [-0.3, -0.25) is 9.59 Å². The summed E-state index contributed by atoms with van der Waals surface area (Å²) in [7, 11) is 0. The summed E-state index contributed by atoms with van der Waals surface area (Å²) in [4.78, 5) is 25.1. The van der Waals surface area contributed by atoms with Crippen molar-refractivity contribution >= 4 is 28.5 Å². The molecule has 0 saturated carbocycles. The molecule has 1 aliphatic heterocycles. The number of hydrogen-bond donors (Lipinski definition) is 1. The molecule has 21 heavy (non-hydrogen) atoms. The maximum Gasteiger partial charge on any atom is 0.228 e. The quantitative estimate of drug-likeness (QED) is 0.912. The average Bonchev–Trinajstić information content (AvgIpc) is 2.79. The highest BCUT2D eigenvalue weighted by Gasteiger charge is 2.32. The number of aliphatic hydroxyl groups is 1. The standard InChI is InChI=1S/C16H19NO3S/c1-10(18)21-13-8-16(20)17(9-13)12-6-5-11-3-2-4-15(19)14(11)7-12/h5-7,13,15,19H,2-4,8-9H2,1H3. The van der Waals surface area contributed by atoms with Crippen LogP contribution in [0.4, 0.5) is 5.69 Å². The van der Waals surface area contributed by atoms with Crippen molar-refractivity contribution < 1.29 is 14.7 Å². The van der Waals surface area contributed by atoms with Gasteiger partial charge in [-0.25, -0.2) is 0 Å². The van der Waals surface area contributed by atoms with Crippen LogP contribution in [0.2, 0.25) is 0 Å². The van der Waals surface area contributed by atoms with Gasteiger partial charge in [0.1, 0.15) is 0 Å². The van der Waals surface area contributed by atoms with Crippen molar-refractivity contribution in [2.24, 2.45) is 0 Å². The lowest BCUT2D eigenvalue weighted by Crippen LogP contribution is -2.25. The summed E-state index contributed by atoms with van der Waals surface area (Å²) in [5, 5.41) is 10.2. The molecule has 3 rings (SSSR count). The summed E-state index contributed by atoms with van der Waals surface area (Å²) in [6.07, 6.45) is 2.77. The number of rotatable bonds is 2. The number of carbonyl (C=O) groups is 2. The predicted molar refractivity (Wildman–Crippen MR) is 83.4 cm³/mol. The minimum atomic E-state index is -0.422. The maximum absolute atomic E-state index is 12.2. The summed E-state index contributed by atoms with van der Waals surface area (Å²) in [5.41, 5.74) is 2.97. The predicted octanol–water partition coefficient (Wildman–Crippen LogP) is 2.44. The van der Waals surface area contributed by atoms with Crippen LogP contribution in [0.1, 0.15) is 43.4 Å². The maximum atomic E-state index is 12.2. The number of aryl methyl sites for hydroxylation is 1. The molecule has 2 atom stereocenters. The van der Waals surface area contributed by atoms with Gasteiger partial charge >= 0.3 is 0 Å². The number of hydrogen-bond acceptors (Lipinski definition) is 4. The summed E-state index contributed by atoms with van der Waals surface area (Å²) >= 11 is 1.24. The van der Waals surface area contributed by atoms with Gasteiger partial charge in [0, 0.05) is 30.8 Å². The fourth-order valence-corrected chi connectivity index (χ4v) is 4.09. The Morgan fingerprint density at radius 1 is 1.43 bits per heavy atom. The number of amides is 1. The van der Waals surface area contributed by atoms with Crippen LogP contribution in [0.25, 0.3) is 0 Å². The third kappa shape index (κ3) is 2.99. The number of thioether (sulfide) groups is 1. The van der Waals surface area contributed by atoms with Crippen LogP contribution >= 0.6 is 11.8 Å². The number of nitrogens with zero attached hydrogens (tertiary/aromatic N) is 1. The smallest absolute Gasteiger partial charge is 0.228 e. The van der Waals surface area contributed by atoms with Gasteiger partial charge in [0.05, 0.1) is 6.10 Å². The average molecular weight is 305 g/mol. The van der Waals surface area contributed by atoms with Gasteiger partial charge in [-0.05, 0) is 42.5 Å². The zero-order chi connectivity index (χ0) is 15.0. The minimum Gasteiger partial charge on any atom is -0.388 e. The molecule has 1 fully saturated rings. The van der Waals surface area contributed by atoms with E-state index in [1.54, 1.807) is 4.90 Å². The first kappa shape index (κ1) is 14.6. The second-order valence-electron chi connectivity index (χ2n) is 5.73. The van der Waals surface area contributed by atoms with E-state index in [1.807, 2.05) is 18.2 Å². The Bertz CT molecular complexity index is 587. The van der Waals surface area contributed by atoms with Crippen LogP contribution in [-0.2, 0) is 16.0 Å². The Balaban J connectivity index is 1.82. The first-order chi connectivity index (χ1) is 10.0. The first-order valence-electron chi connectivity index (χ1n) is 7.33. The van der Waals surface area contributed by atoms with E-state index in [-0.39, 0.29) is 16.3 Å². The molecule has 0 radical (unpaired) electrons. The van der Waals surface area contributed by atoms with Crippen LogP contribution in [0.3, 0.4) is 0 Å². The highest BCUT2D eigenvalue weighted by molar-refractivity contribution is 8.14. The topological polar surface area (TPSA) is 57.6 Å². The molecule has 1 aromatic rings. The Morgan fingerprint density at radius 3 is 3.00 bits per heavy atom. The van der Waals surface area contributed by atoms with E-state index in [1.165, 1.54) is 24.2 Å². The fourth-order valence-electron chi connectivity index (χ4n) is 3.17. The minimum absolute atomic E-state index is 0.0379. The largest absolute Gasteiger partial charge is 0.388 e. The van der Waals surface area contributed by atoms with Gasteiger partial charge in [0.25, 0.3) is 0 Å². The molecule has 0 aromatic heterocycles. The molecule has 1 aliphatic carbocycles. The van der Waals surface area contributed by atoms with Crippen LogP contribution in [0.5, 0.6) is 0 Å². The van der Waals surface area contributed by atoms with E-state index in [0.717, 1.165) is 30.5 Å². The normalized spacial score (nSPS) is 25.0. The van der Waals surface area contributed by atoms with Crippen molar-refractivity contribution in [3.63, 3.8) is 0 Å². The molecule has 2 unspecified atom stereocenters. The summed E-state index contributed by atoms with van der Waals surface area (Å²) in [6, 6.07) is 5.92. The van der Waals surface area contributed by atoms with E-state index >= 15 is 0 Å². The van der Waals surface area contributed by atoms with Crippen LogP contribution in [0.15, 0.2) is 18.2 Å². The number of aliphatic hydroxyl groups excluding tert-OH is 1. The first-order valence-corrected chi connectivity index (χ1v) is 8.21. The molecular formula is C16H19NO3S. The SMILES string of the molecule is CC(=O)SC1CC(=O)N(c2ccc3c(c2)C(O)CCC3)C1. The zero-order valence-electron chi connectivity index (χ0n) is 12.0. The van der Waals surface area contributed by atoms with Gasteiger partial charge in [-0.15, -0.1) is 0 Å². The summed E-state index contributed by atoms with van der Waals surface area (Å²) in [5.74, 6) is 0.0546. The lowest BCUT2D eigenvalue weighted by Gasteiger charge is -2.24. The van der Waals surface area contributed by atoms with E-state index in [0.29, 0.717) is 13.0 Å². The monoisotopic (exact) mass is 305 g/mol.